The van der Waals surface area contributed by atoms with Gasteiger partial charge in [0, 0.05) is 12.3 Å². The zero-order valence-corrected chi connectivity index (χ0v) is 11.0. The zero-order valence-electron chi connectivity index (χ0n) is 11.0. The van der Waals surface area contributed by atoms with Crippen molar-refractivity contribution in [2.75, 3.05) is 6.54 Å². The fourth-order valence-electron chi connectivity index (χ4n) is 2.23. The number of nitrogens with one attached hydrogen (secondary N) is 1. The fourth-order valence-corrected chi connectivity index (χ4v) is 2.23. The molecule has 2 heteroatoms. The van der Waals surface area contributed by atoms with Gasteiger partial charge in [-0.25, -0.2) is 0 Å². The molecule has 0 aromatic heterocycles. The lowest BCUT2D eigenvalue weighted by molar-refractivity contribution is 0.591. The Morgan fingerprint density at radius 2 is 2.06 bits per heavy atom. The van der Waals surface area contributed by atoms with E-state index in [1.54, 1.807) is 0 Å². The Morgan fingerprint density at radius 1 is 1.29 bits per heavy atom. The second-order valence-electron chi connectivity index (χ2n) is 5.75. The van der Waals surface area contributed by atoms with Crippen LogP contribution in [0.15, 0.2) is 29.3 Å². The predicted octanol–water partition coefficient (Wildman–Crippen LogP) is 3.44. The van der Waals surface area contributed by atoms with E-state index in [9.17, 15) is 0 Å². The monoisotopic (exact) mass is 230 g/mol. The molecule has 1 saturated heterocycles. The van der Waals surface area contributed by atoms with Crippen LogP contribution in [0.2, 0.25) is 0 Å². The van der Waals surface area contributed by atoms with Gasteiger partial charge in [-0.3, -0.25) is 4.99 Å². The summed E-state index contributed by atoms with van der Waals surface area (Å²) in [5.74, 6) is 0. The topological polar surface area (TPSA) is 24.4 Å². The molecule has 0 aliphatic carbocycles. The molecule has 1 heterocycles. The van der Waals surface area contributed by atoms with Crippen molar-refractivity contribution in [3.05, 3.63) is 29.8 Å². The van der Waals surface area contributed by atoms with Gasteiger partial charge in [0.15, 0.2) is 0 Å². The summed E-state index contributed by atoms with van der Waals surface area (Å²) in [5.41, 5.74) is 2.57. The van der Waals surface area contributed by atoms with Crippen molar-refractivity contribution in [2.45, 2.75) is 45.1 Å². The van der Waals surface area contributed by atoms with Crippen LogP contribution in [0.5, 0.6) is 0 Å². The largest absolute Gasteiger partial charge is 0.309 e. The van der Waals surface area contributed by atoms with Crippen LogP contribution in [0.4, 0.5) is 5.69 Å². The van der Waals surface area contributed by atoms with E-state index >= 15 is 0 Å². The van der Waals surface area contributed by atoms with Gasteiger partial charge in [0.2, 0.25) is 0 Å². The number of benzene rings is 1. The number of rotatable bonds is 2. The van der Waals surface area contributed by atoms with Crippen LogP contribution in [-0.4, -0.2) is 18.8 Å². The van der Waals surface area contributed by atoms with E-state index in [1.165, 1.54) is 18.4 Å². The summed E-state index contributed by atoms with van der Waals surface area (Å²) in [6.45, 7) is 7.82. The molecule has 0 bridgehead atoms. The summed E-state index contributed by atoms with van der Waals surface area (Å²) < 4.78 is 0. The molecule has 2 rings (SSSR count). The first-order valence-electron chi connectivity index (χ1n) is 6.44. The maximum atomic E-state index is 4.67. The maximum Gasteiger partial charge on any atom is 0.0663 e. The van der Waals surface area contributed by atoms with Crippen LogP contribution in [-0.2, 0) is 5.41 Å². The van der Waals surface area contributed by atoms with Crippen molar-refractivity contribution in [1.82, 2.24) is 5.32 Å². The van der Waals surface area contributed by atoms with E-state index in [1.807, 2.05) is 0 Å². The number of hydrogen-bond donors (Lipinski definition) is 1. The standard InChI is InChI=1S/C15H22N2/c1-15(2,3)13-8-4-5-9-14(13)17-11-12-7-6-10-16-12/h4-5,8-9,11-12,16H,6-7,10H2,1-3H3. The quantitative estimate of drug-likeness (QED) is 0.773. The summed E-state index contributed by atoms with van der Waals surface area (Å²) in [6.07, 6.45) is 4.54. The van der Waals surface area contributed by atoms with E-state index in [0.29, 0.717) is 6.04 Å². The number of hydrogen-bond acceptors (Lipinski definition) is 2. The Hall–Kier alpha value is -1.15. The fraction of sp³-hybridized carbons (Fsp3) is 0.533. The third-order valence-electron chi connectivity index (χ3n) is 3.20. The van der Waals surface area contributed by atoms with Crippen molar-refractivity contribution in [2.24, 2.45) is 4.99 Å². The first kappa shape index (κ1) is 12.3. The molecular formula is C15H22N2. The molecule has 0 saturated carbocycles. The summed E-state index contributed by atoms with van der Waals surface area (Å²) in [4.78, 5) is 4.67. The third kappa shape index (κ3) is 3.16. The molecule has 17 heavy (non-hydrogen) atoms. The highest BCUT2D eigenvalue weighted by atomic mass is 14.9. The molecule has 1 aliphatic rings. The highest BCUT2D eigenvalue weighted by Gasteiger charge is 2.17. The highest BCUT2D eigenvalue weighted by molar-refractivity contribution is 5.70. The molecule has 2 nitrogen and oxygen atoms in total. The second kappa shape index (κ2) is 5.01. The minimum Gasteiger partial charge on any atom is -0.309 e. The van der Waals surface area contributed by atoms with Crippen LogP contribution < -0.4 is 5.32 Å². The molecule has 1 atom stereocenters. The van der Waals surface area contributed by atoms with E-state index in [2.05, 4.69) is 61.6 Å². The van der Waals surface area contributed by atoms with Gasteiger partial charge in [0.1, 0.15) is 0 Å². The minimum absolute atomic E-state index is 0.150. The Balaban J connectivity index is 2.20. The van der Waals surface area contributed by atoms with Gasteiger partial charge in [-0.2, -0.15) is 0 Å². The van der Waals surface area contributed by atoms with Gasteiger partial charge in [0.05, 0.1) is 5.69 Å². The lowest BCUT2D eigenvalue weighted by atomic mass is 9.86. The smallest absolute Gasteiger partial charge is 0.0663 e. The molecule has 1 N–H and O–H groups in total. The van der Waals surface area contributed by atoms with E-state index < -0.39 is 0 Å². The first-order valence-corrected chi connectivity index (χ1v) is 6.44. The Labute approximate surface area is 104 Å². The van der Waals surface area contributed by atoms with Gasteiger partial charge < -0.3 is 5.32 Å². The molecule has 0 spiro atoms. The molecule has 1 aliphatic heterocycles. The average Bonchev–Trinajstić information content (AvgIpc) is 2.78. The lowest BCUT2D eigenvalue weighted by Gasteiger charge is -2.21. The summed E-state index contributed by atoms with van der Waals surface area (Å²) in [7, 11) is 0. The second-order valence-corrected chi connectivity index (χ2v) is 5.75. The predicted molar refractivity (Wildman–Crippen MR) is 74.3 cm³/mol. The summed E-state index contributed by atoms with van der Waals surface area (Å²) in [5, 5.41) is 3.44. The molecule has 1 unspecified atom stereocenters. The molecular weight excluding hydrogens is 208 g/mol. The van der Waals surface area contributed by atoms with E-state index in [0.717, 1.165) is 12.2 Å². The molecule has 1 aromatic carbocycles. The molecule has 92 valence electrons. The Kier molecular flexibility index (Phi) is 3.63. The molecule has 0 amide bonds. The van der Waals surface area contributed by atoms with Crippen molar-refractivity contribution in [3.8, 4) is 0 Å². The van der Waals surface area contributed by atoms with Gasteiger partial charge in [-0.05, 0) is 36.4 Å². The van der Waals surface area contributed by atoms with Crippen LogP contribution in [0, 0.1) is 0 Å². The van der Waals surface area contributed by atoms with Gasteiger partial charge in [0.25, 0.3) is 0 Å². The summed E-state index contributed by atoms with van der Waals surface area (Å²) >= 11 is 0. The lowest BCUT2D eigenvalue weighted by Crippen LogP contribution is -2.22. The molecule has 1 fully saturated rings. The SMILES string of the molecule is CC(C)(C)c1ccccc1N=CC1CCCN1. The van der Waals surface area contributed by atoms with Crippen LogP contribution >= 0.6 is 0 Å². The maximum absolute atomic E-state index is 4.67. The van der Waals surface area contributed by atoms with Crippen molar-refractivity contribution in [3.63, 3.8) is 0 Å². The Bertz CT molecular complexity index is 396. The molecule has 1 aromatic rings. The van der Waals surface area contributed by atoms with E-state index in [-0.39, 0.29) is 5.41 Å². The normalized spacial score (nSPS) is 21.2. The number of nitrogens with zero attached hydrogens (tertiary/aromatic N) is 1. The minimum atomic E-state index is 0.150. The zero-order chi connectivity index (χ0) is 12.3. The highest BCUT2D eigenvalue weighted by Crippen LogP contribution is 2.30. The van der Waals surface area contributed by atoms with Crippen molar-refractivity contribution < 1.29 is 0 Å². The van der Waals surface area contributed by atoms with Gasteiger partial charge in [-0.1, -0.05) is 39.0 Å². The van der Waals surface area contributed by atoms with Crippen molar-refractivity contribution >= 4 is 11.9 Å². The van der Waals surface area contributed by atoms with Crippen LogP contribution in [0.3, 0.4) is 0 Å². The Morgan fingerprint density at radius 3 is 2.71 bits per heavy atom. The van der Waals surface area contributed by atoms with Crippen LogP contribution in [0.1, 0.15) is 39.2 Å². The average molecular weight is 230 g/mol. The van der Waals surface area contributed by atoms with Gasteiger partial charge in [-0.15, -0.1) is 0 Å². The van der Waals surface area contributed by atoms with Gasteiger partial charge >= 0.3 is 0 Å². The van der Waals surface area contributed by atoms with Crippen molar-refractivity contribution in [1.29, 1.82) is 0 Å². The first-order chi connectivity index (χ1) is 8.07. The number of para-hydroxylation sites is 1. The third-order valence-corrected chi connectivity index (χ3v) is 3.20. The summed E-state index contributed by atoms with van der Waals surface area (Å²) in [6, 6.07) is 8.89. The van der Waals surface area contributed by atoms with Crippen LogP contribution in [0.25, 0.3) is 0 Å². The molecule has 0 radical (unpaired) electrons. The number of aliphatic imine (C=N–C) groups is 1. The van der Waals surface area contributed by atoms with E-state index in [4.69, 9.17) is 0 Å².